The van der Waals surface area contributed by atoms with Gasteiger partial charge in [-0.2, -0.15) is 0 Å². The highest BCUT2D eigenvalue weighted by molar-refractivity contribution is 14.0. The van der Waals surface area contributed by atoms with Gasteiger partial charge >= 0.3 is 0 Å². The molecule has 0 unspecified atom stereocenters. The van der Waals surface area contributed by atoms with E-state index in [2.05, 4.69) is 28.6 Å². The molecular weight excluding hydrogens is 351 g/mol. The summed E-state index contributed by atoms with van der Waals surface area (Å²) >= 11 is 0. The summed E-state index contributed by atoms with van der Waals surface area (Å²) < 4.78 is 0. The fourth-order valence-corrected chi connectivity index (χ4v) is 2.67. The first-order chi connectivity index (χ1) is 8.70. The molecule has 0 aromatic heterocycles. The number of likely N-dealkylation sites (tertiary alicyclic amines) is 1. The molecule has 0 bridgehead atoms. The predicted octanol–water partition coefficient (Wildman–Crippen LogP) is 2.14. The van der Waals surface area contributed by atoms with Gasteiger partial charge in [-0.15, -0.1) is 24.0 Å². The largest absolute Gasteiger partial charge is 0.370 e. The number of nitrogens with two attached hydrogens (primary N) is 1. The Kier molecular flexibility index (Phi) is 7.42. The lowest BCUT2D eigenvalue weighted by Gasteiger charge is -2.31. The number of hydrogen-bond acceptors (Lipinski definition) is 2. The molecular formula is C14H29IN4. The molecule has 1 saturated carbocycles. The lowest BCUT2D eigenvalue weighted by molar-refractivity contribution is 0.273. The number of hydrogen-bond donors (Lipinski definition) is 1. The number of piperidine rings is 1. The van der Waals surface area contributed by atoms with Gasteiger partial charge in [0.1, 0.15) is 0 Å². The third kappa shape index (κ3) is 5.45. The normalized spacial score (nSPS) is 21.6. The van der Waals surface area contributed by atoms with E-state index in [0.29, 0.717) is 0 Å². The topological polar surface area (TPSA) is 44.9 Å². The van der Waals surface area contributed by atoms with Crippen molar-refractivity contribution >= 4 is 29.9 Å². The van der Waals surface area contributed by atoms with E-state index >= 15 is 0 Å². The Bertz CT molecular complexity index is 283. The lowest BCUT2D eigenvalue weighted by Crippen LogP contribution is -2.43. The first-order valence-electron chi connectivity index (χ1n) is 7.49. The van der Waals surface area contributed by atoms with Crippen molar-refractivity contribution in [1.29, 1.82) is 0 Å². The van der Waals surface area contributed by atoms with E-state index in [0.717, 1.165) is 50.6 Å². The lowest BCUT2D eigenvalue weighted by atomic mass is 10.00. The van der Waals surface area contributed by atoms with Gasteiger partial charge < -0.3 is 10.6 Å². The minimum Gasteiger partial charge on any atom is -0.370 e. The molecule has 0 amide bonds. The predicted molar refractivity (Wildman–Crippen MR) is 92.1 cm³/mol. The maximum absolute atomic E-state index is 6.07. The third-order valence-electron chi connectivity index (χ3n) is 4.24. The van der Waals surface area contributed by atoms with Gasteiger partial charge in [-0.3, -0.25) is 9.89 Å². The Hall–Kier alpha value is -0.0400. The van der Waals surface area contributed by atoms with E-state index in [1.165, 1.54) is 25.7 Å². The van der Waals surface area contributed by atoms with Crippen LogP contribution in [0.15, 0.2) is 4.99 Å². The third-order valence-corrected chi connectivity index (χ3v) is 4.24. The summed E-state index contributed by atoms with van der Waals surface area (Å²) in [7, 11) is 0. The molecule has 1 aliphatic heterocycles. The molecule has 19 heavy (non-hydrogen) atoms. The van der Waals surface area contributed by atoms with Crippen LogP contribution in [-0.4, -0.2) is 54.5 Å². The Balaban J connectivity index is 0.00000180. The zero-order valence-corrected chi connectivity index (χ0v) is 14.7. The Morgan fingerprint density at radius 3 is 2.42 bits per heavy atom. The molecule has 4 nitrogen and oxygen atoms in total. The number of rotatable bonds is 5. The number of likely N-dealkylation sites (N-methyl/N-ethyl adjacent to an activating group) is 1. The van der Waals surface area contributed by atoms with E-state index < -0.39 is 0 Å². The number of nitrogens with zero attached hydrogens (tertiary/aromatic N) is 3. The quantitative estimate of drug-likeness (QED) is 0.452. The zero-order valence-electron chi connectivity index (χ0n) is 12.3. The summed E-state index contributed by atoms with van der Waals surface area (Å²) in [5.41, 5.74) is 6.07. The van der Waals surface area contributed by atoms with Crippen molar-refractivity contribution in [2.45, 2.75) is 45.6 Å². The van der Waals surface area contributed by atoms with Crippen LogP contribution < -0.4 is 5.73 Å². The van der Waals surface area contributed by atoms with Gasteiger partial charge in [-0.05, 0) is 38.1 Å². The van der Waals surface area contributed by atoms with Crippen LogP contribution in [0.4, 0.5) is 0 Å². The minimum atomic E-state index is 0. The van der Waals surface area contributed by atoms with Crippen LogP contribution in [0.2, 0.25) is 0 Å². The Labute approximate surface area is 134 Å². The molecule has 1 aliphatic carbocycles. The number of guanidine groups is 1. The van der Waals surface area contributed by atoms with Crippen molar-refractivity contribution < 1.29 is 0 Å². The highest BCUT2D eigenvalue weighted by Gasteiger charge is 2.27. The summed E-state index contributed by atoms with van der Waals surface area (Å²) in [5.74, 6) is 1.60. The average molecular weight is 380 g/mol. The highest BCUT2D eigenvalue weighted by Crippen LogP contribution is 2.25. The van der Waals surface area contributed by atoms with Crippen molar-refractivity contribution in [3.05, 3.63) is 0 Å². The molecule has 2 rings (SSSR count). The van der Waals surface area contributed by atoms with Gasteiger partial charge in [0.2, 0.25) is 0 Å². The van der Waals surface area contributed by atoms with Gasteiger partial charge in [-0.1, -0.05) is 13.8 Å². The Morgan fingerprint density at radius 2 is 1.89 bits per heavy atom. The maximum Gasteiger partial charge on any atom is 0.191 e. The molecule has 0 aromatic carbocycles. The smallest absolute Gasteiger partial charge is 0.191 e. The van der Waals surface area contributed by atoms with Crippen LogP contribution >= 0.6 is 24.0 Å². The van der Waals surface area contributed by atoms with Gasteiger partial charge in [0, 0.05) is 25.7 Å². The van der Waals surface area contributed by atoms with Crippen molar-refractivity contribution in [2.75, 3.05) is 32.7 Å². The SMILES string of the molecule is CCN(CCN=C(N)N1CCC(C)CC1)C1CC1.I. The Morgan fingerprint density at radius 1 is 1.26 bits per heavy atom. The highest BCUT2D eigenvalue weighted by atomic mass is 127. The maximum atomic E-state index is 6.07. The molecule has 0 atom stereocenters. The molecule has 2 fully saturated rings. The van der Waals surface area contributed by atoms with Crippen molar-refractivity contribution in [3.8, 4) is 0 Å². The summed E-state index contributed by atoms with van der Waals surface area (Å²) in [6.45, 7) is 9.76. The number of aliphatic imine (C=N–C) groups is 1. The summed E-state index contributed by atoms with van der Waals surface area (Å²) in [6, 6.07) is 0.835. The van der Waals surface area contributed by atoms with Crippen molar-refractivity contribution in [1.82, 2.24) is 9.80 Å². The zero-order chi connectivity index (χ0) is 13.0. The molecule has 0 aromatic rings. The number of halogens is 1. The van der Waals surface area contributed by atoms with Crippen LogP contribution in [0.3, 0.4) is 0 Å². The van der Waals surface area contributed by atoms with E-state index in [4.69, 9.17) is 5.73 Å². The fraction of sp³-hybridized carbons (Fsp3) is 0.929. The molecule has 1 saturated heterocycles. The molecule has 0 radical (unpaired) electrons. The standard InChI is InChI=1S/C14H28N4.HI/c1-3-17(13-4-5-13)11-8-16-14(15)18-9-6-12(2)7-10-18;/h12-13H,3-11H2,1-2H3,(H2,15,16);1H. The average Bonchev–Trinajstić information content (AvgIpc) is 3.19. The van der Waals surface area contributed by atoms with Gasteiger partial charge in [0.05, 0.1) is 6.54 Å². The van der Waals surface area contributed by atoms with E-state index in [1.54, 1.807) is 0 Å². The van der Waals surface area contributed by atoms with Crippen LogP contribution in [0.1, 0.15) is 39.5 Å². The molecule has 2 N–H and O–H groups in total. The first kappa shape index (κ1) is 17.0. The first-order valence-corrected chi connectivity index (χ1v) is 7.49. The van der Waals surface area contributed by atoms with Gasteiger partial charge in [-0.25, -0.2) is 0 Å². The molecule has 5 heteroatoms. The monoisotopic (exact) mass is 380 g/mol. The van der Waals surface area contributed by atoms with Crippen molar-refractivity contribution in [2.24, 2.45) is 16.6 Å². The van der Waals surface area contributed by atoms with Crippen molar-refractivity contribution in [3.63, 3.8) is 0 Å². The van der Waals surface area contributed by atoms with Crippen LogP contribution in [-0.2, 0) is 0 Å². The minimum absolute atomic E-state index is 0. The second kappa shape index (κ2) is 8.29. The van der Waals surface area contributed by atoms with Gasteiger partial charge in [0.15, 0.2) is 5.96 Å². The molecule has 1 heterocycles. The second-order valence-electron chi connectivity index (χ2n) is 5.77. The second-order valence-corrected chi connectivity index (χ2v) is 5.77. The summed E-state index contributed by atoms with van der Waals surface area (Å²) in [5, 5.41) is 0. The summed E-state index contributed by atoms with van der Waals surface area (Å²) in [6.07, 6.45) is 5.24. The molecule has 112 valence electrons. The van der Waals surface area contributed by atoms with Gasteiger partial charge in [0.25, 0.3) is 0 Å². The van der Waals surface area contributed by atoms with E-state index in [-0.39, 0.29) is 24.0 Å². The molecule has 2 aliphatic rings. The van der Waals surface area contributed by atoms with E-state index in [1.807, 2.05) is 0 Å². The summed E-state index contributed by atoms with van der Waals surface area (Å²) in [4.78, 5) is 9.32. The van der Waals surface area contributed by atoms with Crippen LogP contribution in [0.25, 0.3) is 0 Å². The van der Waals surface area contributed by atoms with E-state index in [9.17, 15) is 0 Å². The van der Waals surface area contributed by atoms with Crippen LogP contribution in [0.5, 0.6) is 0 Å². The fourth-order valence-electron chi connectivity index (χ4n) is 2.67. The van der Waals surface area contributed by atoms with Crippen LogP contribution in [0, 0.1) is 5.92 Å². The molecule has 0 spiro atoms.